The molecule has 1 atom stereocenters. The van der Waals surface area contributed by atoms with Crippen LogP contribution in [0.15, 0.2) is 57.8 Å². The number of benzene rings is 1. The first-order valence-corrected chi connectivity index (χ1v) is 6.31. The molecule has 2 heterocycles. The Labute approximate surface area is 120 Å². The fourth-order valence-electron chi connectivity index (χ4n) is 1.58. The van der Waals surface area contributed by atoms with Crippen molar-refractivity contribution in [3.63, 3.8) is 0 Å². The van der Waals surface area contributed by atoms with E-state index >= 15 is 0 Å². The van der Waals surface area contributed by atoms with Gasteiger partial charge in [-0.05, 0) is 10.7 Å². The molecule has 0 amide bonds. The number of halogens is 1. The Kier molecular flexibility index (Phi) is 4.46. The summed E-state index contributed by atoms with van der Waals surface area (Å²) in [4.78, 5) is 8.45. The van der Waals surface area contributed by atoms with Crippen LogP contribution in [0.1, 0.15) is 5.56 Å². The van der Waals surface area contributed by atoms with E-state index in [9.17, 15) is 0 Å². The van der Waals surface area contributed by atoms with Gasteiger partial charge in [-0.15, -0.1) is 5.01 Å². The van der Waals surface area contributed by atoms with E-state index in [1.807, 2.05) is 24.4 Å². The molecule has 0 spiro atoms. The number of hydrogen-bond acceptors (Lipinski definition) is 4. The van der Waals surface area contributed by atoms with Crippen LogP contribution in [0.3, 0.4) is 0 Å². The van der Waals surface area contributed by atoms with Gasteiger partial charge in [0, 0.05) is 5.75 Å². The number of thioether (sulfide) groups is 1. The normalized spacial score (nSPS) is 19.9. The van der Waals surface area contributed by atoms with Crippen molar-refractivity contribution >= 4 is 29.0 Å². The van der Waals surface area contributed by atoms with Crippen molar-refractivity contribution in [1.29, 1.82) is 0 Å². The summed E-state index contributed by atoms with van der Waals surface area (Å²) < 4.78 is 0. The quantitative estimate of drug-likeness (QED) is 0.675. The molecule has 3 rings (SSSR count). The van der Waals surface area contributed by atoms with Crippen LogP contribution >= 0.6 is 11.8 Å². The number of fused-ring (bicyclic) bond motifs is 1. The van der Waals surface area contributed by atoms with E-state index in [2.05, 4.69) is 27.2 Å². The predicted octanol–water partition coefficient (Wildman–Crippen LogP) is -1.95. The highest BCUT2D eigenvalue weighted by Crippen LogP contribution is 2.15. The van der Waals surface area contributed by atoms with E-state index < -0.39 is 0 Å². The zero-order valence-electron chi connectivity index (χ0n) is 9.45. The number of hydrogen-bond donors (Lipinski definition) is 1. The SMILES string of the molecule is C1=C[NH+]2N=C(SCc3ccccc3)N=C2C=N1.[Br-]. The average Bonchev–Trinajstić information content (AvgIpc) is 2.80. The number of nitrogens with zero attached hydrogens (tertiary/aromatic N) is 3. The number of quaternary nitrogens is 1. The largest absolute Gasteiger partial charge is 1.00 e. The Balaban J connectivity index is 0.00000120. The highest BCUT2D eigenvalue weighted by Gasteiger charge is 2.24. The van der Waals surface area contributed by atoms with Crippen molar-refractivity contribution < 1.29 is 22.0 Å². The molecule has 0 bridgehead atoms. The summed E-state index contributed by atoms with van der Waals surface area (Å²) in [5, 5.41) is 6.17. The molecule has 1 aromatic carbocycles. The molecule has 0 fully saturated rings. The number of amidine groups is 2. The predicted molar refractivity (Wildman–Crippen MR) is 71.2 cm³/mol. The van der Waals surface area contributed by atoms with Gasteiger partial charge in [-0.2, -0.15) is 4.99 Å². The summed E-state index contributed by atoms with van der Waals surface area (Å²) in [6.07, 6.45) is 5.37. The molecule has 18 heavy (non-hydrogen) atoms. The van der Waals surface area contributed by atoms with Crippen LogP contribution in [-0.2, 0) is 5.75 Å². The van der Waals surface area contributed by atoms with Crippen LogP contribution in [0.5, 0.6) is 0 Å². The molecule has 2 aliphatic rings. The van der Waals surface area contributed by atoms with Gasteiger partial charge in [0.15, 0.2) is 0 Å². The second-order valence-corrected chi connectivity index (χ2v) is 4.59. The molecule has 2 aliphatic heterocycles. The van der Waals surface area contributed by atoms with Crippen molar-refractivity contribution in [1.82, 2.24) is 0 Å². The lowest BCUT2D eigenvalue weighted by Crippen LogP contribution is -3.05. The number of aliphatic imine (C=N–C) groups is 2. The number of nitrogens with one attached hydrogen (secondary N) is 1. The van der Waals surface area contributed by atoms with Crippen LogP contribution in [-0.4, -0.2) is 17.2 Å². The van der Waals surface area contributed by atoms with Gasteiger partial charge in [-0.3, -0.25) is 4.99 Å². The van der Waals surface area contributed by atoms with Gasteiger partial charge in [0.05, 0.1) is 6.20 Å². The molecule has 0 aliphatic carbocycles. The molecule has 0 radical (unpaired) electrons. The fourth-order valence-corrected chi connectivity index (χ4v) is 2.39. The van der Waals surface area contributed by atoms with Crippen LogP contribution in [0.25, 0.3) is 0 Å². The molecule has 4 nitrogen and oxygen atoms in total. The lowest BCUT2D eigenvalue weighted by atomic mass is 10.2. The molecule has 0 saturated heterocycles. The molecule has 6 heteroatoms. The molecule has 0 aromatic heterocycles. The Morgan fingerprint density at radius 3 is 2.78 bits per heavy atom. The topological polar surface area (TPSA) is 41.5 Å². The first kappa shape index (κ1) is 13.2. The van der Waals surface area contributed by atoms with E-state index in [4.69, 9.17) is 0 Å². The maximum Gasteiger partial charge on any atom is 0.278 e. The van der Waals surface area contributed by atoms with E-state index in [0.717, 1.165) is 21.8 Å². The van der Waals surface area contributed by atoms with E-state index in [0.29, 0.717) is 0 Å². The molecule has 1 N–H and O–H groups in total. The zero-order chi connectivity index (χ0) is 11.5. The van der Waals surface area contributed by atoms with E-state index in [1.165, 1.54) is 5.56 Å². The van der Waals surface area contributed by atoms with Crippen molar-refractivity contribution in [3.05, 3.63) is 48.3 Å². The summed E-state index contributed by atoms with van der Waals surface area (Å²) in [7, 11) is 0. The minimum absolute atomic E-state index is 0. The van der Waals surface area contributed by atoms with Crippen LogP contribution in [0.2, 0.25) is 0 Å². The summed E-state index contributed by atoms with van der Waals surface area (Å²) >= 11 is 1.65. The second kappa shape index (κ2) is 6.08. The standard InChI is InChI=1S/C12H10N4S.BrH/c1-2-4-10(5-3-1)9-17-12-14-11-8-13-6-7-16(11)15-12;/h1-8H,9H2;1H. The maximum atomic E-state index is 4.44. The van der Waals surface area contributed by atoms with Crippen LogP contribution in [0, 0.1) is 0 Å². The van der Waals surface area contributed by atoms with Gasteiger partial charge in [0.25, 0.3) is 5.84 Å². The Morgan fingerprint density at radius 1 is 1.17 bits per heavy atom. The minimum Gasteiger partial charge on any atom is -1.00 e. The van der Waals surface area contributed by atoms with Crippen molar-refractivity contribution in [2.24, 2.45) is 15.1 Å². The maximum absolute atomic E-state index is 4.44. The molecular weight excluding hydrogens is 312 g/mol. The first-order chi connectivity index (χ1) is 8.42. The molecule has 1 aromatic rings. The zero-order valence-corrected chi connectivity index (χ0v) is 11.9. The Morgan fingerprint density at radius 2 is 2.00 bits per heavy atom. The lowest BCUT2D eigenvalue weighted by Gasteiger charge is -2.00. The molecule has 92 valence electrons. The van der Waals surface area contributed by atoms with Gasteiger partial charge in [0.2, 0.25) is 5.17 Å². The van der Waals surface area contributed by atoms with Gasteiger partial charge >= 0.3 is 0 Å². The van der Waals surface area contributed by atoms with Gasteiger partial charge in [-0.1, -0.05) is 42.1 Å². The van der Waals surface area contributed by atoms with E-state index in [-0.39, 0.29) is 17.0 Å². The highest BCUT2D eigenvalue weighted by atomic mass is 79.9. The molecule has 1 unspecified atom stereocenters. The van der Waals surface area contributed by atoms with Crippen molar-refractivity contribution in [2.45, 2.75) is 5.75 Å². The average molecular weight is 323 g/mol. The Bertz CT molecular complexity index is 536. The van der Waals surface area contributed by atoms with Crippen LogP contribution in [0.4, 0.5) is 0 Å². The van der Waals surface area contributed by atoms with E-state index in [1.54, 1.807) is 24.2 Å². The van der Waals surface area contributed by atoms with Gasteiger partial charge < -0.3 is 17.0 Å². The third-order valence-electron chi connectivity index (χ3n) is 2.42. The monoisotopic (exact) mass is 322 g/mol. The molecular formula is C12H11BrN4S. The minimum atomic E-state index is 0. The van der Waals surface area contributed by atoms with Crippen molar-refractivity contribution in [3.8, 4) is 0 Å². The fraction of sp³-hybridized carbons (Fsp3) is 0.0833. The highest BCUT2D eigenvalue weighted by molar-refractivity contribution is 8.13. The van der Waals surface area contributed by atoms with Crippen LogP contribution < -0.4 is 22.0 Å². The number of rotatable bonds is 2. The summed E-state index contributed by atoms with van der Waals surface area (Å²) in [5.41, 5.74) is 1.28. The third-order valence-corrected chi connectivity index (χ3v) is 3.34. The summed E-state index contributed by atoms with van der Waals surface area (Å²) in [6.45, 7) is 0. The summed E-state index contributed by atoms with van der Waals surface area (Å²) in [6, 6.07) is 10.3. The first-order valence-electron chi connectivity index (χ1n) is 5.33. The Hall–Kier alpha value is -1.24. The third kappa shape index (κ3) is 2.95. The van der Waals surface area contributed by atoms with Gasteiger partial charge in [0.1, 0.15) is 12.4 Å². The van der Waals surface area contributed by atoms with Crippen molar-refractivity contribution in [2.75, 3.05) is 0 Å². The second-order valence-electron chi connectivity index (χ2n) is 3.64. The van der Waals surface area contributed by atoms with Gasteiger partial charge in [-0.25, -0.2) is 0 Å². The smallest absolute Gasteiger partial charge is 0.278 e. The summed E-state index contributed by atoms with van der Waals surface area (Å²) in [5.74, 6) is 1.76. The molecule has 0 saturated carbocycles. The lowest BCUT2D eigenvalue weighted by molar-refractivity contribution is -0.748.